The van der Waals surface area contributed by atoms with E-state index in [0.717, 1.165) is 0 Å². The molecule has 70 valence electrons. The van der Waals surface area contributed by atoms with E-state index in [0.29, 0.717) is 6.67 Å². The highest BCUT2D eigenvalue weighted by molar-refractivity contribution is 8.93. The van der Waals surface area contributed by atoms with Gasteiger partial charge in [0.05, 0.1) is 6.26 Å². The molecule has 0 saturated heterocycles. The van der Waals surface area contributed by atoms with E-state index in [1.54, 1.807) is 17.3 Å². The van der Waals surface area contributed by atoms with Crippen LogP contribution in [0.2, 0.25) is 0 Å². The third kappa shape index (κ3) is 2.53. The quantitative estimate of drug-likeness (QED) is 0.729. The summed E-state index contributed by atoms with van der Waals surface area (Å²) in [5.74, 6) is 0. The molecule has 0 aromatic rings. The van der Waals surface area contributed by atoms with Gasteiger partial charge in [0, 0.05) is 12.4 Å². The Kier molecular flexibility index (Phi) is 3.79. The zero-order valence-electron chi connectivity index (χ0n) is 6.67. The fraction of sp³-hybridized carbons (Fsp3) is 0.333. The predicted octanol–water partition coefficient (Wildman–Crippen LogP) is 0.714. The van der Waals surface area contributed by atoms with Crippen LogP contribution < -0.4 is 0 Å². The zero-order chi connectivity index (χ0) is 8.48. The summed E-state index contributed by atoms with van der Waals surface area (Å²) in [4.78, 5) is 1.68. The second-order valence-corrected chi connectivity index (χ2v) is 4.22. The van der Waals surface area contributed by atoms with E-state index in [1.165, 1.54) is 16.8 Å². The van der Waals surface area contributed by atoms with Crippen molar-refractivity contribution in [2.24, 2.45) is 0 Å². The minimum atomic E-state index is -3.09. The third-order valence-electron chi connectivity index (χ3n) is 1.39. The Morgan fingerprint density at radius 1 is 1.50 bits per heavy atom. The maximum Gasteiger partial charge on any atom is 0.233 e. The topological polar surface area (TPSA) is 40.6 Å². The first-order valence-electron chi connectivity index (χ1n) is 3.07. The molecule has 1 aliphatic heterocycles. The lowest BCUT2D eigenvalue weighted by Crippen LogP contribution is -2.27. The van der Waals surface area contributed by atoms with Gasteiger partial charge in [0.2, 0.25) is 10.0 Å². The van der Waals surface area contributed by atoms with Gasteiger partial charge in [0.15, 0.2) is 0 Å². The first kappa shape index (κ1) is 11.5. The van der Waals surface area contributed by atoms with Crippen molar-refractivity contribution in [3.63, 3.8) is 0 Å². The van der Waals surface area contributed by atoms with E-state index in [9.17, 15) is 8.42 Å². The molecule has 1 heterocycles. The molecule has 0 saturated carbocycles. The summed E-state index contributed by atoms with van der Waals surface area (Å²) < 4.78 is 23.1. The Morgan fingerprint density at radius 3 is 2.33 bits per heavy atom. The van der Waals surface area contributed by atoms with Gasteiger partial charge in [0.25, 0.3) is 0 Å². The molecule has 0 unspecified atom stereocenters. The second kappa shape index (κ2) is 3.95. The Labute approximate surface area is 83.0 Å². The van der Waals surface area contributed by atoms with Gasteiger partial charge in [-0.2, -0.15) is 0 Å². The summed E-state index contributed by atoms with van der Waals surface area (Å²) in [6, 6.07) is 0. The standard InChI is InChI=1S/C6H10N2O2S.BrH/c1-3-7-4-5-8(6-7)11(2,9)10;/h3-5H,1,6H2,2H3;1H. The minimum absolute atomic E-state index is 0. The van der Waals surface area contributed by atoms with Crippen LogP contribution in [0.25, 0.3) is 0 Å². The largest absolute Gasteiger partial charge is 0.334 e. The minimum Gasteiger partial charge on any atom is -0.334 e. The summed E-state index contributed by atoms with van der Waals surface area (Å²) in [5, 5.41) is 0. The molecule has 1 aliphatic rings. The first-order valence-corrected chi connectivity index (χ1v) is 4.92. The highest BCUT2D eigenvalue weighted by Crippen LogP contribution is 2.09. The van der Waals surface area contributed by atoms with Crippen LogP contribution in [0.15, 0.2) is 25.2 Å². The molecule has 0 N–H and O–H groups in total. The maximum absolute atomic E-state index is 10.9. The van der Waals surface area contributed by atoms with Gasteiger partial charge >= 0.3 is 0 Å². The molecular formula is C6H11BrN2O2S. The molecule has 0 aromatic carbocycles. The van der Waals surface area contributed by atoms with Crippen LogP contribution in [0.1, 0.15) is 0 Å². The molecule has 0 radical (unpaired) electrons. The van der Waals surface area contributed by atoms with Crippen LogP contribution in [-0.2, 0) is 10.0 Å². The van der Waals surface area contributed by atoms with Gasteiger partial charge in [-0.1, -0.05) is 6.58 Å². The molecule has 0 aromatic heterocycles. The van der Waals surface area contributed by atoms with E-state index in [1.807, 2.05) is 0 Å². The van der Waals surface area contributed by atoms with E-state index in [2.05, 4.69) is 6.58 Å². The summed E-state index contributed by atoms with van der Waals surface area (Å²) >= 11 is 0. The molecule has 0 amide bonds. The van der Waals surface area contributed by atoms with Crippen LogP contribution >= 0.6 is 17.0 Å². The van der Waals surface area contributed by atoms with Crippen molar-refractivity contribution in [3.8, 4) is 0 Å². The van der Waals surface area contributed by atoms with Gasteiger partial charge in [-0.15, -0.1) is 17.0 Å². The summed E-state index contributed by atoms with van der Waals surface area (Å²) in [6.07, 6.45) is 5.91. The highest BCUT2D eigenvalue weighted by atomic mass is 79.9. The fourth-order valence-corrected chi connectivity index (χ4v) is 1.37. The van der Waals surface area contributed by atoms with Crippen molar-refractivity contribution >= 4 is 27.0 Å². The fourth-order valence-electron chi connectivity index (χ4n) is 0.749. The van der Waals surface area contributed by atoms with Crippen LogP contribution in [0.5, 0.6) is 0 Å². The molecular weight excluding hydrogens is 244 g/mol. The van der Waals surface area contributed by atoms with Gasteiger partial charge in [-0.3, -0.25) is 4.31 Å². The van der Waals surface area contributed by atoms with Gasteiger partial charge in [0.1, 0.15) is 6.67 Å². The van der Waals surface area contributed by atoms with Gasteiger partial charge < -0.3 is 4.90 Å². The van der Waals surface area contributed by atoms with Crippen molar-refractivity contribution < 1.29 is 8.42 Å². The Morgan fingerprint density at radius 2 is 2.08 bits per heavy atom. The molecule has 0 spiro atoms. The lowest BCUT2D eigenvalue weighted by atomic mass is 10.8. The Bertz CT molecular complexity index is 286. The Balaban J connectivity index is 0.00000121. The van der Waals surface area contributed by atoms with Crippen LogP contribution in [-0.4, -0.2) is 30.5 Å². The molecule has 0 fully saturated rings. The van der Waals surface area contributed by atoms with Crippen molar-refractivity contribution in [2.45, 2.75) is 0 Å². The summed E-state index contributed by atoms with van der Waals surface area (Å²) in [6.45, 7) is 3.85. The van der Waals surface area contributed by atoms with Gasteiger partial charge in [-0.05, 0) is 6.20 Å². The molecule has 12 heavy (non-hydrogen) atoms. The highest BCUT2D eigenvalue weighted by Gasteiger charge is 2.17. The number of sulfonamides is 1. The van der Waals surface area contributed by atoms with Crippen LogP contribution in [0.4, 0.5) is 0 Å². The molecule has 0 bridgehead atoms. The molecule has 6 heteroatoms. The smallest absolute Gasteiger partial charge is 0.233 e. The van der Waals surface area contributed by atoms with Crippen molar-refractivity contribution in [2.75, 3.05) is 12.9 Å². The number of nitrogens with zero attached hydrogens (tertiary/aromatic N) is 2. The van der Waals surface area contributed by atoms with E-state index in [-0.39, 0.29) is 17.0 Å². The van der Waals surface area contributed by atoms with Crippen molar-refractivity contribution in [3.05, 3.63) is 25.2 Å². The molecule has 1 rings (SSSR count). The average Bonchev–Trinajstić information content (AvgIpc) is 2.32. The summed E-state index contributed by atoms with van der Waals surface area (Å²) in [7, 11) is -3.09. The van der Waals surface area contributed by atoms with E-state index in [4.69, 9.17) is 0 Å². The maximum atomic E-state index is 10.9. The third-order valence-corrected chi connectivity index (χ3v) is 2.48. The Hall–Kier alpha value is -0.490. The average molecular weight is 255 g/mol. The SMILES string of the molecule is Br.C=CN1C=CN(S(C)(=O)=O)C1. The monoisotopic (exact) mass is 254 g/mol. The molecule has 0 aliphatic carbocycles. The normalized spacial score (nSPS) is 16.1. The lowest BCUT2D eigenvalue weighted by Gasteiger charge is -2.15. The van der Waals surface area contributed by atoms with Crippen molar-refractivity contribution in [1.82, 2.24) is 9.21 Å². The second-order valence-electron chi connectivity index (χ2n) is 2.29. The van der Waals surface area contributed by atoms with Crippen molar-refractivity contribution in [1.29, 1.82) is 0 Å². The summed E-state index contributed by atoms with van der Waals surface area (Å²) in [5.41, 5.74) is 0. The number of rotatable bonds is 2. The first-order chi connectivity index (χ1) is 5.04. The predicted molar refractivity (Wildman–Crippen MR) is 53.0 cm³/mol. The number of halogens is 1. The van der Waals surface area contributed by atoms with Crippen LogP contribution in [0.3, 0.4) is 0 Å². The molecule has 4 nitrogen and oxygen atoms in total. The number of hydrogen-bond acceptors (Lipinski definition) is 3. The lowest BCUT2D eigenvalue weighted by molar-refractivity contribution is 0.416. The van der Waals surface area contributed by atoms with Crippen LogP contribution in [0, 0.1) is 0 Å². The van der Waals surface area contributed by atoms with Gasteiger partial charge in [-0.25, -0.2) is 8.42 Å². The number of hydrogen-bond donors (Lipinski definition) is 0. The van der Waals surface area contributed by atoms with E-state index < -0.39 is 10.0 Å². The molecule has 0 atom stereocenters. The zero-order valence-corrected chi connectivity index (χ0v) is 9.20. The van der Waals surface area contributed by atoms with E-state index >= 15 is 0 Å².